The lowest BCUT2D eigenvalue weighted by atomic mass is 10.3. The molecule has 92 valence electrons. The summed E-state index contributed by atoms with van der Waals surface area (Å²) in [6, 6.07) is 7.36. The normalized spacial score (nSPS) is 12.5. The Morgan fingerprint density at radius 1 is 1.22 bits per heavy atom. The van der Waals surface area contributed by atoms with Crippen LogP contribution in [0.5, 0.6) is 11.5 Å². The van der Waals surface area contributed by atoms with E-state index in [-0.39, 0.29) is 6.79 Å². The Labute approximate surface area is 104 Å². The largest absolute Gasteiger partial charge is 0.454 e. The molecule has 3 N–H and O–H groups in total. The van der Waals surface area contributed by atoms with Crippen LogP contribution in [0.2, 0.25) is 0 Å². The SMILES string of the molecule is NCc1ccnc(Nc2ccc3c(c2)OCO3)n1. The molecule has 0 radical (unpaired) electrons. The van der Waals surface area contributed by atoms with Gasteiger partial charge in [0.25, 0.3) is 0 Å². The van der Waals surface area contributed by atoms with Crippen molar-refractivity contribution in [1.29, 1.82) is 0 Å². The highest BCUT2D eigenvalue weighted by molar-refractivity contribution is 5.60. The topological polar surface area (TPSA) is 82.3 Å². The van der Waals surface area contributed by atoms with E-state index in [0.717, 1.165) is 22.9 Å². The molecule has 3 rings (SSSR count). The minimum atomic E-state index is 0.262. The molecule has 0 fully saturated rings. The van der Waals surface area contributed by atoms with E-state index in [9.17, 15) is 0 Å². The smallest absolute Gasteiger partial charge is 0.231 e. The Morgan fingerprint density at radius 3 is 3.00 bits per heavy atom. The second-order valence-electron chi connectivity index (χ2n) is 3.77. The van der Waals surface area contributed by atoms with E-state index in [2.05, 4.69) is 15.3 Å². The minimum absolute atomic E-state index is 0.262. The molecule has 0 spiro atoms. The molecule has 2 aromatic rings. The van der Waals surface area contributed by atoms with Gasteiger partial charge in [0.15, 0.2) is 11.5 Å². The molecule has 0 saturated heterocycles. The Bertz CT molecular complexity index is 574. The van der Waals surface area contributed by atoms with Crippen LogP contribution in [-0.4, -0.2) is 16.8 Å². The number of ether oxygens (including phenoxy) is 2. The first-order chi connectivity index (χ1) is 8.85. The Kier molecular flexibility index (Phi) is 2.70. The predicted octanol–water partition coefficient (Wildman–Crippen LogP) is 1.41. The van der Waals surface area contributed by atoms with Gasteiger partial charge in [-0.3, -0.25) is 0 Å². The summed E-state index contributed by atoms with van der Waals surface area (Å²) in [5.74, 6) is 1.98. The summed E-state index contributed by atoms with van der Waals surface area (Å²) in [5.41, 5.74) is 7.16. The number of nitrogens with zero attached hydrogens (tertiary/aromatic N) is 2. The van der Waals surface area contributed by atoms with Crippen molar-refractivity contribution in [2.24, 2.45) is 5.73 Å². The first-order valence-corrected chi connectivity index (χ1v) is 5.54. The molecule has 0 bridgehead atoms. The average Bonchev–Trinajstić information content (AvgIpc) is 2.86. The van der Waals surface area contributed by atoms with E-state index in [1.54, 1.807) is 12.3 Å². The second kappa shape index (κ2) is 4.50. The molecule has 6 nitrogen and oxygen atoms in total. The monoisotopic (exact) mass is 244 g/mol. The number of fused-ring (bicyclic) bond motifs is 1. The maximum absolute atomic E-state index is 5.53. The minimum Gasteiger partial charge on any atom is -0.454 e. The maximum Gasteiger partial charge on any atom is 0.231 e. The van der Waals surface area contributed by atoms with Crippen molar-refractivity contribution in [3.8, 4) is 11.5 Å². The van der Waals surface area contributed by atoms with E-state index in [0.29, 0.717) is 12.5 Å². The summed E-state index contributed by atoms with van der Waals surface area (Å²) >= 11 is 0. The lowest BCUT2D eigenvalue weighted by molar-refractivity contribution is 0.174. The van der Waals surface area contributed by atoms with Gasteiger partial charge in [0.1, 0.15) is 0 Å². The average molecular weight is 244 g/mol. The van der Waals surface area contributed by atoms with Crippen LogP contribution >= 0.6 is 0 Å². The Balaban J connectivity index is 1.83. The molecule has 0 amide bonds. The second-order valence-corrected chi connectivity index (χ2v) is 3.77. The number of hydrogen-bond donors (Lipinski definition) is 2. The fraction of sp³-hybridized carbons (Fsp3) is 0.167. The highest BCUT2D eigenvalue weighted by Gasteiger charge is 2.13. The highest BCUT2D eigenvalue weighted by atomic mass is 16.7. The molecular formula is C12H12N4O2. The summed E-state index contributed by atoms with van der Waals surface area (Å²) in [4.78, 5) is 8.39. The molecule has 1 aliphatic rings. The number of aromatic nitrogens is 2. The number of rotatable bonds is 3. The zero-order valence-electron chi connectivity index (χ0n) is 9.59. The zero-order valence-corrected chi connectivity index (χ0v) is 9.59. The molecule has 0 saturated carbocycles. The summed E-state index contributed by atoms with van der Waals surface area (Å²) in [6.45, 7) is 0.649. The van der Waals surface area contributed by atoms with Crippen molar-refractivity contribution < 1.29 is 9.47 Å². The third-order valence-electron chi connectivity index (χ3n) is 2.55. The van der Waals surface area contributed by atoms with Crippen LogP contribution in [-0.2, 0) is 6.54 Å². The predicted molar refractivity (Wildman–Crippen MR) is 65.8 cm³/mol. The van der Waals surface area contributed by atoms with E-state index in [1.165, 1.54) is 0 Å². The lowest BCUT2D eigenvalue weighted by Gasteiger charge is -2.06. The van der Waals surface area contributed by atoms with Crippen molar-refractivity contribution in [3.05, 3.63) is 36.2 Å². The van der Waals surface area contributed by atoms with E-state index >= 15 is 0 Å². The van der Waals surface area contributed by atoms with Crippen molar-refractivity contribution in [2.75, 3.05) is 12.1 Å². The van der Waals surface area contributed by atoms with Gasteiger partial charge in [-0.15, -0.1) is 0 Å². The molecule has 0 atom stereocenters. The van der Waals surface area contributed by atoms with E-state index in [1.807, 2.05) is 18.2 Å². The zero-order chi connectivity index (χ0) is 12.4. The van der Waals surface area contributed by atoms with Gasteiger partial charge in [-0.2, -0.15) is 0 Å². The van der Waals surface area contributed by atoms with Gasteiger partial charge in [-0.1, -0.05) is 0 Å². The summed E-state index contributed by atoms with van der Waals surface area (Å²) in [6.07, 6.45) is 1.67. The van der Waals surface area contributed by atoms with Crippen LogP contribution in [0.4, 0.5) is 11.6 Å². The van der Waals surface area contributed by atoms with Gasteiger partial charge in [0.05, 0.1) is 5.69 Å². The van der Waals surface area contributed by atoms with E-state index in [4.69, 9.17) is 15.2 Å². The van der Waals surface area contributed by atoms with Crippen molar-refractivity contribution >= 4 is 11.6 Å². The van der Waals surface area contributed by atoms with Gasteiger partial charge in [0.2, 0.25) is 12.7 Å². The lowest BCUT2D eigenvalue weighted by Crippen LogP contribution is -2.03. The summed E-state index contributed by atoms with van der Waals surface area (Å²) in [7, 11) is 0. The molecule has 1 aromatic carbocycles. The first-order valence-electron chi connectivity index (χ1n) is 5.54. The first kappa shape index (κ1) is 10.8. The Hall–Kier alpha value is -2.34. The summed E-state index contributed by atoms with van der Waals surface area (Å²) < 4.78 is 10.5. The third kappa shape index (κ3) is 2.05. The van der Waals surface area contributed by atoms with E-state index < -0.39 is 0 Å². The van der Waals surface area contributed by atoms with Gasteiger partial charge in [0, 0.05) is 24.5 Å². The van der Waals surface area contributed by atoms with Crippen LogP contribution < -0.4 is 20.5 Å². The molecule has 1 aromatic heterocycles. The van der Waals surface area contributed by atoms with Crippen molar-refractivity contribution in [3.63, 3.8) is 0 Å². The number of nitrogens with two attached hydrogens (primary N) is 1. The van der Waals surface area contributed by atoms with Crippen molar-refractivity contribution in [2.45, 2.75) is 6.54 Å². The number of nitrogens with one attached hydrogen (secondary N) is 1. The highest BCUT2D eigenvalue weighted by Crippen LogP contribution is 2.34. The summed E-state index contributed by atoms with van der Waals surface area (Å²) in [5, 5.41) is 3.10. The van der Waals surface area contributed by atoms with Crippen LogP contribution in [0.15, 0.2) is 30.5 Å². The van der Waals surface area contributed by atoms with Crippen LogP contribution in [0, 0.1) is 0 Å². The van der Waals surface area contributed by atoms with Crippen molar-refractivity contribution in [1.82, 2.24) is 9.97 Å². The molecule has 6 heteroatoms. The molecular weight excluding hydrogens is 232 g/mol. The fourth-order valence-corrected chi connectivity index (χ4v) is 1.67. The van der Waals surface area contributed by atoms with Crippen LogP contribution in [0.3, 0.4) is 0 Å². The molecule has 2 heterocycles. The molecule has 0 aliphatic carbocycles. The third-order valence-corrected chi connectivity index (χ3v) is 2.55. The molecule has 1 aliphatic heterocycles. The van der Waals surface area contributed by atoms with Gasteiger partial charge >= 0.3 is 0 Å². The number of hydrogen-bond acceptors (Lipinski definition) is 6. The van der Waals surface area contributed by atoms with Gasteiger partial charge < -0.3 is 20.5 Å². The van der Waals surface area contributed by atoms with Crippen LogP contribution in [0.1, 0.15) is 5.69 Å². The maximum atomic E-state index is 5.53. The fourth-order valence-electron chi connectivity index (χ4n) is 1.67. The quantitative estimate of drug-likeness (QED) is 0.849. The molecule has 18 heavy (non-hydrogen) atoms. The number of benzene rings is 1. The standard InChI is InChI=1S/C12H12N4O2/c13-6-9-3-4-14-12(16-9)15-8-1-2-10-11(5-8)18-7-17-10/h1-5H,6-7,13H2,(H,14,15,16). The van der Waals surface area contributed by atoms with Crippen LogP contribution in [0.25, 0.3) is 0 Å². The molecule has 0 unspecified atom stereocenters. The van der Waals surface area contributed by atoms with Gasteiger partial charge in [-0.25, -0.2) is 9.97 Å². The Morgan fingerprint density at radius 2 is 2.11 bits per heavy atom. The van der Waals surface area contributed by atoms with Gasteiger partial charge in [-0.05, 0) is 18.2 Å². The number of anilines is 2.